The van der Waals surface area contributed by atoms with Crippen LogP contribution >= 0.6 is 0 Å². The van der Waals surface area contributed by atoms with E-state index in [4.69, 9.17) is 4.74 Å². The number of morpholine rings is 1. The number of hydrogen-bond acceptors (Lipinski definition) is 3. The monoisotopic (exact) mass is 314 g/mol. The molecule has 2 aromatic rings. The predicted octanol–water partition coefficient (Wildman–Crippen LogP) is 3.51. The summed E-state index contributed by atoms with van der Waals surface area (Å²) in [6, 6.07) is 15.3. The van der Waals surface area contributed by atoms with Gasteiger partial charge in [-0.25, -0.2) is 4.39 Å². The molecule has 1 N–H and O–H groups in total. The van der Waals surface area contributed by atoms with Gasteiger partial charge in [0.2, 0.25) is 0 Å². The van der Waals surface area contributed by atoms with Crippen molar-refractivity contribution >= 4 is 5.69 Å². The van der Waals surface area contributed by atoms with Crippen molar-refractivity contribution in [3.8, 4) is 0 Å². The Morgan fingerprint density at radius 2 is 1.78 bits per heavy atom. The molecule has 2 aromatic carbocycles. The summed E-state index contributed by atoms with van der Waals surface area (Å²) in [5.74, 6) is -0.196. The summed E-state index contributed by atoms with van der Waals surface area (Å²) in [5, 5.41) is 3.53. The van der Waals surface area contributed by atoms with Gasteiger partial charge >= 0.3 is 0 Å². The molecule has 1 atom stereocenters. The van der Waals surface area contributed by atoms with Crippen molar-refractivity contribution < 1.29 is 9.13 Å². The maximum Gasteiger partial charge on any atom is 0.123 e. The second kappa shape index (κ2) is 7.57. The highest BCUT2D eigenvalue weighted by molar-refractivity contribution is 5.54. The van der Waals surface area contributed by atoms with E-state index in [1.54, 1.807) is 0 Å². The molecule has 0 spiro atoms. The molecule has 4 heteroatoms. The van der Waals surface area contributed by atoms with Crippen molar-refractivity contribution in [1.82, 2.24) is 5.32 Å². The van der Waals surface area contributed by atoms with Crippen molar-refractivity contribution in [1.29, 1.82) is 0 Å². The lowest BCUT2D eigenvalue weighted by atomic mass is 10.1. The predicted molar refractivity (Wildman–Crippen MR) is 91.1 cm³/mol. The maximum absolute atomic E-state index is 13.0. The lowest BCUT2D eigenvalue weighted by Crippen LogP contribution is -2.37. The SMILES string of the molecule is C[C@H](NCc1ccccc1N1CCOCC1)c1ccc(F)cc1. The summed E-state index contributed by atoms with van der Waals surface area (Å²) in [6.45, 7) is 6.33. The Kier molecular flexibility index (Phi) is 5.26. The molecule has 1 heterocycles. The first-order valence-corrected chi connectivity index (χ1v) is 8.13. The van der Waals surface area contributed by atoms with Crippen LogP contribution in [0, 0.1) is 5.82 Å². The molecule has 0 saturated carbocycles. The first kappa shape index (κ1) is 16.0. The number of rotatable bonds is 5. The fourth-order valence-electron chi connectivity index (χ4n) is 2.91. The zero-order valence-electron chi connectivity index (χ0n) is 13.5. The molecule has 3 nitrogen and oxygen atoms in total. The van der Waals surface area contributed by atoms with E-state index in [-0.39, 0.29) is 11.9 Å². The summed E-state index contributed by atoms with van der Waals surface area (Å²) < 4.78 is 18.5. The summed E-state index contributed by atoms with van der Waals surface area (Å²) >= 11 is 0. The first-order chi connectivity index (χ1) is 11.2. The van der Waals surface area contributed by atoms with E-state index < -0.39 is 0 Å². The van der Waals surface area contributed by atoms with Crippen molar-refractivity contribution in [2.75, 3.05) is 31.2 Å². The van der Waals surface area contributed by atoms with Crippen molar-refractivity contribution in [2.45, 2.75) is 19.5 Å². The van der Waals surface area contributed by atoms with Crippen LogP contribution in [0.5, 0.6) is 0 Å². The fraction of sp³-hybridized carbons (Fsp3) is 0.368. The quantitative estimate of drug-likeness (QED) is 0.914. The minimum Gasteiger partial charge on any atom is -0.378 e. The van der Waals surface area contributed by atoms with E-state index >= 15 is 0 Å². The van der Waals surface area contributed by atoms with Crippen LogP contribution < -0.4 is 10.2 Å². The molecule has 23 heavy (non-hydrogen) atoms. The van der Waals surface area contributed by atoms with Gasteiger partial charge in [-0.05, 0) is 36.2 Å². The second-order valence-electron chi connectivity index (χ2n) is 5.88. The third kappa shape index (κ3) is 4.09. The standard InChI is InChI=1S/C19H23FN2O/c1-15(16-6-8-18(20)9-7-16)21-14-17-4-2-3-5-19(17)22-10-12-23-13-11-22/h2-9,15,21H,10-14H2,1H3/t15-/m0/s1. The number of nitrogens with zero attached hydrogens (tertiary/aromatic N) is 1. The average molecular weight is 314 g/mol. The Labute approximate surface area is 137 Å². The summed E-state index contributed by atoms with van der Waals surface area (Å²) in [5.41, 5.74) is 3.65. The first-order valence-electron chi connectivity index (χ1n) is 8.13. The van der Waals surface area contributed by atoms with Crippen LogP contribution in [0.15, 0.2) is 48.5 Å². The summed E-state index contributed by atoms with van der Waals surface area (Å²) in [4.78, 5) is 2.38. The van der Waals surface area contributed by atoms with Gasteiger partial charge in [-0.15, -0.1) is 0 Å². The van der Waals surface area contributed by atoms with Gasteiger partial charge in [0.25, 0.3) is 0 Å². The van der Waals surface area contributed by atoms with Gasteiger partial charge in [0.1, 0.15) is 5.82 Å². The smallest absolute Gasteiger partial charge is 0.123 e. The number of halogens is 1. The van der Waals surface area contributed by atoms with Gasteiger partial charge in [0, 0.05) is 31.4 Å². The Bertz CT molecular complexity index is 624. The van der Waals surface area contributed by atoms with Gasteiger partial charge in [-0.3, -0.25) is 0 Å². The molecule has 0 unspecified atom stereocenters. The van der Waals surface area contributed by atoms with Crippen molar-refractivity contribution in [3.63, 3.8) is 0 Å². The van der Waals surface area contributed by atoms with Crippen LogP contribution in [0.1, 0.15) is 24.1 Å². The van der Waals surface area contributed by atoms with E-state index in [1.165, 1.54) is 23.4 Å². The molecule has 3 rings (SSSR count). The van der Waals surface area contributed by atoms with Crippen LogP contribution in [0.25, 0.3) is 0 Å². The zero-order chi connectivity index (χ0) is 16.1. The largest absolute Gasteiger partial charge is 0.378 e. The molecule has 122 valence electrons. The minimum absolute atomic E-state index is 0.174. The van der Waals surface area contributed by atoms with Crippen LogP contribution in [-0.4, -0.2) is 26.3 Å². The third-order valence-corrected chi connectivity index (χ3v) is 4.31. The molecule has 0 aliphatic carbocycles. The molecule has 1 aliphatic rings. The van der Waals surface area contributed by atoms with Gasteiger partial charge < -0.3 is 15.0 Å². The van der Waals surface area contributed by atoms with Gasteiger partial charge in [0.05, 0.1) is 13.2 Å². The number of benzene rings is 2. The van der Waals surface area contributed by atoms with Crippen LogP contribution in [0.3, 0.4) is 0 Å². The molecule has 0 amide bonds. The fourth-order valence-corrected chi connectivity index (χ4v) is 2.91. The highest BCUT2D eigenvalue weighted by atomic mass is 19.1. The molecule has 0 aromatic heterocycles. The number of para-hydroxylation sites is 1. The normalized spacial score (nSPS) is 16.3. The molecule has 0 bridgehead atoms. The van der Waals surface area contributed by atoms with Gasteiger partial charge in [-0.1, -0.05) is 30.3 Å². The lowest BCUT2D eigenvalue weighted by molar-refractivity contribution is 0.122. The van der Waals surface area contributed by atoms with Crippen LogP contribution in [0.2, 0.25) is 0 Å². The third-order valence-electron chi connectivity index (χ3n) is 4.31. The molecule has 1 saturated heterocycles. The number of nitrogens with one attached hydrogen (secondary N) is 1. The number of ether oxygens (including phenoxy) is 1. The highest BCUT2D eigenvalue weighted by Crippen LogP contribution is 2.22. The average Bonchev–Trinajstić information content (AvgIpc) is 2.61. The Balaban J connectivity index is 1.66. The minimum atomic E-state index is -0.196. The van der Waals surface area contributed by atoms with Crippen molar-refractivity contribution in [2.24, 2.45) is 0 Å². The lowest BCUT2D eigenvalue weighted by Gasteiger charge is -2.31. The highest BCUT2D eigenvalue weighted by Gasteiger charge is 2.14. The van der Waals surface area contributed by atoms with E-state index in [0.29, 0.717) is 0 Å². The van der Waals surface area contributed by atoms with E-state index in [0.717, 1.165) is 38.4 Å². The Morgan fingerprint density at radius 3 is 2.52 bits per heavy atom. The summed E-state index contributed by atoms with van der Waals surface area (Å²) in [7, 11) is 0. The molecule has 0 radical (unpaired) electrons. The molecular formula is C19H23FN2O. The maximum atomic E-state index is 13.0. The van der Waals surface area contributed by atoms with E-state index in [2.05, 4.69) is 41.4 Å². The van der Waals surface area contributed by atoms with E-state index in [1.807, 2.05) is 12.1 Å². The second-order valence-corrected chi connectivity index (χ2v) is 5.88. The van der Waals surface area contributed by atoms with Gasteiger partial charge in [0.15, 0.2) is 0 Å². The molecular weight excluding hydrogens is 291 g/mol. The summed E-state index contributed by atoms with van der Waals surface area (Å²) in [6.07, 6.45) is 0. The van der Waals surface area contributed by atoms with E-state index in [9.17, 15) is 4.39 Å². The molecule has 1 aliphatic heterocycles. The van der Waals surface area contributed by atoms with Crippen molar-refractivity contribution in [3.05, 3.63) is 65.5 Å². The van der Waals surface area contributed by atoms with Crippen LogP contribution in [-0.2, 0) is 11.3 Å². The zero-order valence-corrected chi connectivity index (χ0v) is 13.5. The van der Waals surface area contributed by atoms with Crippen LogP contribution in [0.4, 0.5) is 10.1 Å². The number of anilines is 1. The number of hydrogen-bond donors (Lipinski definition) is 1. The van der Waals surface area contributed by atoms with Gasteiger partial charge in [-0.2, -0.15) is 0 Å². The molecule has 1 fully saturated rings. The Morgan fingerprint density at radius 1 is 1.09 bits per heavy atom. The Hall–Kier alpha value is -1.91. The topological polar surface area (TPSA) is 24.5 Å².